The number of thioether (sulfide) groups is 1. The topological polar surface area (TPSA) is 32.3 Å². The lowest BCUT2D eigenvalue weighted by Crippen LogP contribution is -2.39. The Bertz CT molecular complexity index is 366. The van der Waals surface area contributed by atoms with Crippen molar-refractivity contribution in [2.75, 3.05) is 5.32 Å². The molecule has 1 aromatic rings. The second-order valence-corrected chi connectivity index (χ2v) is 5.43. The molecule has 0 fully saturated rings. The first-order valence-corrected chi connectivity index (χ1v) is 6.21. The van der Waals surface area contributed by atoms with E-state index in [-0.39, 0.29) is 6.04 Å². The lowest BCUT2D eigenvalue weighted by Gasteiger charge is -2.28. The van der Waals surface area contributed by atoms with Gasteiger partial charge in [0.05, 0.1) is 11.6 Å². The number of aliphatic hydroxyl groups is 1. The first-order chi connectivity index (χ1) is 7.80. The highest BCUT2D eigenvalue weighted by Gasteiger charge is 2.23. The van der Waals surface area contributed by atoms with Crippen LogP contribution in [-0.4, -0.2) is 22.5 Å². The molecule has 0 amide bonds. The van der Waals surface area contributed by atoms with Gasteiger partial charge in [-0.3, -0.25) is 0 Å². The molecule has 1 rings (SSSR count). The number of hydrogen-bond donors (Lipinski definition) is 2. The Morgan fingerprint density at radius 2 is 1.88 bits per heavy atom. The third kappa shape index (κ3) is 4.52. The normalized spacial score (nSPS) is 13.8. The highest BCUT2D eigenvalue weighted by molar-refractivity contribution is 7.99. The second-order valence-electron chi connectivity index (χ2n) is 4.39. The number of halogens is 2. The Balaban J connectivity index is 2.83. The van der Waals surface area contributed by atoms with E-state index in [1.165, 1.54) is 0 Å². The molecule has 0 aliphatic rings. The number of para-hydroxylation sites is 1. The Kier molecular flexibility index (Phi) is 4.77. The van der Waals surface area contributed by atoms with Crippen molar-refractivity contribution in [3.05, 3.63) is 24.3 Å². The molecule has 0 saturated heterocycles. The molecule has 0 bridgehead atoms. The van der Waals surface area contributed by atoms with Gasteiger partial charge in [-0.05, 0) is 32.9 Å². The second kappa shape index (κ2) is 5.69. The smallest absolute Gasteiger partial charge is 0.288 e. The van der Waals surface area contributed by atoms with E-state index in [4.69, 9.17) is 0 Å². The van der Waals surface area contributed by atoms with Crippen molar-refractivity contribution in [1.82, 2.24) is 0 Å². The number of benzene rings is 1. The van der Waals surface area contributed by atoms with Crippen molar-refractivity contribution in [3.63, 3.8) is 0 Å². The molecule has 96 valence electrons. The van der Waals surface area contributed by atoms with E-state index in [0.29, 0.717) is 22.3 Å². The van der Waals surface area contributed by atoms with Gasteiger partial charge in [0.2, 0.25) is 0 Å². The highest BCUT2D eigenvalue weighted by Crippen LogP contribution is 2.32. The van der Waals surface area contributed by atoms with Crippen molar-refractivity contribution in [2.24, 2.45) is 0 Å². The van der Waals surface area contributed by atoms with Crippen LogP contribution in [0.15, 0.2) is 29.2 Å². The molecule has 0 saturated carbocycles. The largest absolute Gasteiger partial charge is 0.388 e. The fraction of sp³-hybridized carbons (Fsp3) is 0.500. The van der Waals surface area contributed by atoms with Crippen molar-refractivity contribution < 1.29 is 13.9 Å². The quantitative estimate of drug-likeness (QED) is 0.795. The molecule has 1 atom stereocenters. The molecule has 1 unspecified atom stereocenters. The van der Waals surface area contributed by atoms with Crippen LogP contribution in [0.4, 0.5) is 14.5 Å². The summed E-state index contributed by atoms with van der Waals surface area (Å²) in [5.41, 5.74) is -0.296. The summed E-state index contributed by atoms with van der Waals surface area (Å²) in [6, 6.07) is 6.62. The zero-order valence-electron chi connectivity index (χ0n) is 10.1. The lowest BCUT2D eigenvalue weighted by atomic mass is 10.0. The molecule has 0 spiro atoms. The van der Waals surface area contributed by atoms with E-state index in [0.717, 1.165) is 0 Å². The van der Waals surface area contributed by atoms with E-state index in [1.807, 2.05) is 6.92 Å². The van der Waals surface area contributed by atoms with Crippen molar-refractivity contribution in [3.8, 4) is 0 Å². The van der Waals surface area contributed by atoms with Gasteiger partial charge < -0.3 is 10.4 Å². The van der Waals surface area contributed by atoms with Crippen LogP contribution in [0.5, 0.6) is 0 Å². The summed E-state index contributed by atoms with van der Waals surface area (Å²) in [6.45, 7) is 5.16. The van der Waals surface area contributed by atoms with E-state index in [1.54, 1.807) is 38.1 Å². The number of nitrogens with one attached hydrogen (secondary N) is 1. The standard InChI is InChI=1S/C12H17F2NOS/c1-8(12(2,3)16)15-9-6-4-5-7-10(9)17-11(13)14/h4-8,11,15-16H,1-3H3. The van der Waals surface area contributed by atoms with Gasteiger partial charge in [-0.2, -0.15) is 8.78 Å². The van der Waals surface area contributed by atoms with Crippen LogP contribution in [-0.2, 0) is 0 Å². The third-order valence-corrected chi connectivity index (χ3v) is 3.32. The Hall–Kier alpha value is -0.810. The maximum atomic E-state index is 12.4. The summed E-state index contributed by atoms with van der Waals surface area (Å²) in [4.78, 5) is 0.485. The molecular weight excluding hydrogens is 244 g/mol. The van der Waals surface area contributed by atoms with Crippen molar-refractivity contribution in [1.29, 1.82) is 0 Å². The van der Waals surface area contributed by atoms with Crippen LogP contribution >= 0.6 is 11.8 Å². The summed E-state index contributed by atoms with van der Waals surface area (Å²) < 4.78 is 24.7. The zero-order chi connectivity index (χ0) is 13.1. The average Bonchev–Trinajstić information content (AvgIpc) is 2.18. The zero-order valence-corrected chi connectivity index (χ0v) is 10.9. The predicted molar refractivity (Wildman–Crippen MR) is 67.7 cm³/mol. The summed E-state index contributed by atoms with van der Waals surface area (Å²) in [7, 11) is 0. The lowest BCUT2D eigenvalue weighted by molar-refractivity contribution is 0.0648. The highest BCUT2D eigenvalue weighted by atomic mass is 32.2. The molecular formula is C12H17F2NOS. The first-order valence-electron chi connectivity index (χ1n) is 5.33. The molecule has 0 aliphatic heterocycles. The number of anilines is 1. The maximum Gasteiger partial charge on any atom is 0.288 e. The molecule has 1 aromatic carbocycles. The third-order valence-electron chi connectivity index (χ3n) is 2.53. The van der Waals surface area contributed by atoms with Gasteiger partial charge in [-0.1, -0.05) is 23.9 Å². The van der Waals surface area contributed by atoms with E-state index in [9.17, 15) is 13.9 Å². The minimum absolute atomic E-state index is 0.234. The maximum absolute atomic E-state index is 12.4. The SMILES string of the molecule is CC(Nc1ccccc1SC(F)F)C(C)(C)O. The first kappa shape index (κ1) is 14.3. The molecule has 5 heteroatoms. The van der Waals surface area contributed by atoms with Crippen molar-refractivity contribution in [2.45, 2.75) is 43.1 Å². The van der Waals surface area contributed by atoms with Gasteiger partial charge >= 0.3 is 0 Å². The molecule has 17 heavy (non-hydrogen) atoms. The summed E-state index contributed by atoms with van der Waals surface area (Å²) in [5.74, 6) is -2.45. The van der Waals surface area contributed by atoms with Crippen LogP contribution in [0.3, 0.4) is 0 Å². The Morgan fingerprint density at radius 3 is 2.41 bits per heavy atom. The Labute approximate surface area is 104 Å². The number of rotatable bonds is 5. The number of hydrogen-bond acceptors (Lipinski definition) is 3. The van der Waals surface area contributed by atoms with Gasteiger partial charge in [-0.25, -0.2) is 0 Å². The van der Waals surface area contributed by atoms with Gasteiger partial charge in [-0.15, -0.1) is 0 Å². The fourth-order valence-corrected chi connectivity index (χ4v) is 1.80. The van der Waals surface area contributed by atoms with Gasteiger partial charge in [0.15, 0.2) is 0 Å². The molecule has 2 nitrogen and oxygen atoms in total. The van der Waals surface area contributed by atoms with E-state index < -0.39 is 11.4 Å². The monoisotopic (exact) mass is 261 g/mol. The van der Waals surface area contributed by atoms with Crippen LogP contribution in [0.25, 0.3) is 0 Å². The molecule has 0 aliphatic carbocycles. The molecule has 0 radical (unpaired) electrons. The minimum Gasteiger partial charge on any atom is -0.388 e. The van der Waals surface area contributed by atoms with E-state index >= 15 is 0 Å². The molecule has 0 aromatic heterocycles. The molecule has 2 N–H and O–H groups in total. The molecule has 0 heterocycles. The van der Waals surface area contributed by atoms with Crippen LogP contribution in [0, 0.1) is 0 Å². The predicted octanol–water partition coefficient (Wildman–Crippen LogP) is 3.57. The van der Waals surface area contributed by atoms with Crippen LogP contribution in [0.1, 0.15) is 20.8 Å². The fourth-order valence-electron chi connectivity index (χ4n) is 1.19. The van der Waals surface area contributed by atoms with E-state index in [2.05, 4.69) is 5.32 Å². The summed E-state index contributed by atoms with van der Waals surface area (Å²) >= 11 is 0.500. The van der Waals surface area contributed by atoms with Crippen LogP contribution in [0.2, 0.25) is 0 Å². The van der Waals surface area contributed by atoms with Gasteiger partial charge in [0.25, 0.3) is 5.76 Å². The van der Waals surface area contributed by atoms with Crippen LogP contribution < -0.4 is 5.32 Å². The number of alkyl halides is 2. The van der Waals surface area contributed by atoms with Gasteiger partial charge in [0.1, 0.15) is 0 Å². The Morgan fingerprint density at radius 1 is 1.29 bits per heavy atom. The summed E-state index contributed by atoms with van der Waals surface area (Å²) in [6.07, 6.45) is 0. The minimum atomic E-state index is -2.45. The summed E-state index contributed by atoms with van der Waals surface area (Å²) in [5, 5.41) is 12.9. The van der Waals surface area contributed by atoms with Gasteiger partial charge in [0, 0.05) is 10.6 Å². The van der Waals surface area contributed by atoms with Crippen molar-refractivity contribution >= 4 is 17.4 Å². The average molecular weight is 261 g/mol.